The van der Waals surface area contributed by atoms with Gasteiger partial charge in [-0.05, 0) is 42.0 Å². The van der Waals surface area contributed by atoms with Crippen molar-refractivity contribution in [3.63, 3.8) is 0 Å². The molecule has 30 heavy (non-hydrogen) atoms. The van der Waals surface area contributed by atoms with E-state index >= 15 is 0 Å². The fourth-order valence-corrected chi connectivity index (χ4v) is 3.74. The van der Waals surface area contributed by atoms with E-state index in [0.29, 0.717) is 35.1 Å². The number of anilines is 2. The number of rotatable bonds is 6. The number of nitrogens with one attached hydrogen (secondary N) is 2. The van der Waals surface area contributed by atoms with Crippen molar-refractivity contribution in [2.45, 2.75) is 13.0 Å². The van der Waals surface area contributed by atoms with Gasteiger partial charge in [0.25, 0.3) is 5.91 Å². The first kappa shape index (κ1) is 20.4. The average molecular weight is 442 g/mol. The van der Waals surface area contributed by atoms with Crippen LogP contribution < -0.4 is 15.5 Å². The van der Waals surface area contributed by atoms with Gasteiger partial charge >= 0.3 is 0 Å². The molecule has 1 aromatic carbocycles. The summed E-state index contributed by atoms with van der Waals surface area (Å²) in [5.74, 6) is 0.594. The molecule has 0 aliphatic carbocycles. The second-order valence-electron chi connectivity index (χ2n) is 7.00. The summed E-state index contributed by atoms with van der Waals surface area (Å²) in [6, 6.07) is 13.1. The van der Waals surface area contributed by atoms with Crippen molar-refractivity contribution in [2.24, 2.45) is 0 Å². The van der Waals surface area contributed by atoms with Crippen LogP contribution in [-0.4, -0.2) is 35.5 Å². The van der Waals surface area contributed by atoms with Crippen LogP contribution in [0.4, 0.5) is 11.5 Å². The molecule has 1 aliphatic rings. The number of nitrogens with zero attached hydrogens (tertiary/aromatic N) is 3. The minimum atomic E-state index is -0.160. The summed E-state index contributed by atoms with van der Waals surface area (Å²) >= 11 is 12.5. The van der Waals surface area contributed by atoms with E-state index in [1.807, 2.05) is 30.3 Å². The maximum absolute atomic E-state index is 12.6. The third kappa shape index (κ3) is 4.83. The highest BCUT2D eigenvalue weighted by molar-refractivity contribution is 6.33. The van der Waals surface area contributed by atoms with Crippen molar-refractivity contribution in [3.8, 4) is 0 Å². The van der Waals surface area contributed by atoms with Gasteiger partial charge in [-0.1, -0.05) is 29.3 Å². The number of hydrogen-bond donors (Lipinski definition) is 2. The highest BCUT2D eigenvalue weighted by atomic mass is 35.5. The molecule has 1 amide bonds. The van der Waals surface area contributed by atoms with Gasteiger partial charge in [0.2, 0.25) is 0 Å². The van der Waals surface area contributed by atoms with E-state index in [9.17, 15) is 4.79 Å². The molecule has 4 rings (SSSR count). The van der Waals surface area contributed by atoms with E-state index in [2.05, 4.69) is 25.5 Å². The quantitative estimate of drug-likeness (QED) is 0.599. The van der Waals surface area contributed by atoms with Gasteiger partial charge in [-0.3, -0.25) is 9.78 Å². The van der Waals surface area contributed by atoms with E-state index in [-0.39, 0.29) is 5.91 Å². The molecule has 154 valence electrons. The van der Waals surface area contributed by atoms with Crippen LogP contribution in [-0.2, 0) is 13.0 Å². The first-order valence-corrected chi connectivity index (χ1v) is 10.5. The normalized spacial score (nSPS) is 12.8. The van der Waals surface area contributed by atoms with Crippen LogP contribution in [0, 0.1) is 0 Å². The van der Waals surface area contributed by atoms with E-state index in [1.54, 1.807) is 24.5 Å². The van der Waals surface area contributed by atoms with Gasteiger partial charge in [-0.25, -0.2) is 4.98 Å². The summed E-state index contributed by atoms with van der Waals surface area (Å²) in [5, 5.41) is 7.53. The zero-order valence-electron chi connectivity index (χ0n) is 16.2. The first-order chi connectivity index (χ1) is 14.6. The molecule has 6 nitrogen and oxygen atoms in total. The number of carbonyl (C=O) groups excluding carboxylic acids is 1. The lowest BCUT2D eigenvalue weighted by atomic mass is 10.1. The van der Waals surface area contributed by atoms with Crippen LogP contribution >= 0.6 is 23.2 Å². The van der Waals surface area contributed by atoms with Crippen molar-refractivity contribution in [1.29, 1.82) is 0 Å². The SMILES string of the molecule is O=C(NCCc1ccccn1)c1cnc2c(c1)N(Cc1cc(Cl)ccc1Cl)CCN2. The van der Waals surface area contributed by atoms with Crippen molar-refractivity contribution in [2.75, 3.05) is 29.9 Å². The van der Waals surface area contributed by atoms with Crippen LogP contribution in [0.5, 0.6) is 0 Å². The molecule has 2 N–H and O–H groups in total. The van der Waals surface area contributed by atoms with Gasteiger partial charge in [-0.15, -0.1) is 0 Å². The Bertz CT molecular complexity index is 1040. The highest BCUT2D eigenvalue weighted by Gasteiger charge is 2.21. The Kier molecular flexibility index (Phi) is 6.35. The Hall–Kier alpha value is -2.83. The van der Waals surface area contributed by atoms with Crippen LogP contribution in [0.2, 0.25) is 10.0 Å². The van der Waals surface area contributed by atoms with E-state index in [0.717, 1.165) is 35.9 Å². The Morgan fingerprint density at radius 1 is 1.17 bits per heavy atom. The molecule has 3 heterocycles. The predicted octanol–water partition coefficient (Wildman–Crippen LogP) is 4.19. The van der Waals surface area contributed by atoms with Crippen LogP contribution in [0.15, 0.2) is 54.9 Å². The predicted molar refractivity (Wildman–Crippen MR) is 121 cm³/mol. The van der Waals surface area contributed by atoms with Gasteiger partial charge in [0.05, 0.1) is 11.3 Å². The van der Waals surface area contributed by atoms with Crippen molar-refractivity contribution in [1.82, 2.24) is 15.3 Å². The van der Waals surface area contributed by atoms with Crippen LogP contribution in [0.3, 0.4) is 0 Å². The van der Waals surface area contributed by atoms with Crippen molar-refractivity contribution in [3.05, 3.63) is 81.7 Å². The molecule has 0 spiro atoms. The Balaban J connectivity index is 1.47. The maximum atomic E-state index is 12.6. The van der Waals surface area contributed by atoms with Crippen LogP contribution in [0.25, 0.3) is 0 Å². The lowest BCUT2D eigenvalue weighted by molar-refractivity contribution is 0.0953. The molecule has 8 heteroatoms. The number of benzene rings is 1. The minimum absolute atomic E-state index is 0.160. The molecule has 0 radical (unpaired) electrons. The molecule has 0 bridgehead atoms. The fourth-order valence-electron chi connectivity index (χ4n) is 3.37. The maximum Gasteiger partial charge on any atom is 0.252 e. The number of aromatic nitrogens is 2. The highest BCUT2D eigenvalue weighted by Crippen LogP contribution is 2.31. The van der Waals surface area contributed by atoms with E-state index in [4.69, 9.17) is 23.2 Å². The molecule has 3 aromatic rings. The fraction of sp³-hybridized carbons (Fsp3) is 0.227. The largest absolute Gasteiger partial charge is 0.367 e. The topological polar surface area (TPSA) is 70.2 Å². The van der Waals surface area contributed by atoms with Crippen molar-refractivity contribution < 1.29 is 4.79 Å². The summed E-state index contributed by atoms with van der Waals surface area (Å²) in [4.78, 5) is 23.5. The monoisotopic (exact) mass is 441 g/mol. The molecular formula is C22H21Cl2N5O. The second kappa shape index (κ2) is 9.32. The number of pyridine rings is 2. The smallest absolute Gasteiger partial charge is 0.252 e. The number of carbonyl (C=O) groups is 1. The number of fused-ring (bicyclic) bond motifs is 1. The Labute approximate surface area is 185 Å². The lowest BCUT2D eigenvalue weighted by Gasteiger charge is -2.32. The average Bonchev–Trinajstić information content (AvgIpc) is 2.77. The summed E-state index contributed by atoms with van der Waals surface area (Å²) in [6.45, 7) is 2.61. The van der Waals surface area contributed by atoms with Gasteiger partial charge in [0.15, 0.2) is 0 Å². The molecule has 0 unspecified atom stereocenters. The zero-order chi connectivity index (χ0) is 20.9. The molecule has 0 saturated carbocycles. The lowest BCUT2D eigenvalue weighted by Crippen LogP contribution is -2.34. The first-order valence-electron chi connectivity index (χ1n) is 9.71. The number of amides is 1. The van der Waals surface area contributed by atoms with E-state index < -0.39 is 0 Å². The van der Waals surface area contributed by atoms with Crippen LogP contribution in [0.1, 0.15) is 21.6 Å². The third-order valence-corrected chi connectivity index (χ3v) is 5.51. The van der Waals surface area contributed by atoms with Gasteiger partial charge in [0, 0.05) is 60.7 Å². The molecule has 0 fully saturated rings. The summed E-state index contributed by atoms with van der Waals surface area (Å²) in [7, 11) is 0. The minimum Gasteiger partial charge on any atom is -0.367 e. The van der Waals surface area contributed by atoms with Gasteiger partial charge in [-0.2, -0.15) is 0 Å². The summed E-state index contributed by atoms with van der Waals surface area (Å²) in [5.41, 5.74) is 3.26. The molecular weight excluding hydrogens is 421 g/mol. The summed E-state index contributed by atoms with van der Waals surface area (Å²) < 4.78 is 0. The van der Waals surface area contributed by atoms with Gasteiger partial charge in [0.1, 0.15) is 5.82 Å². The second-order valence-corrected chi connectivity index (χ2v) is 7.85. The number of hydrogen-bond acceptors (Lipinski definition) is 5. The molecule has 2 aromatic heterocycles. The Morgan fingerprint density at radius 3 is 2.90 bits per heavy atom. The molecule has 0 saturated heterocycles. The Morgan fingerprint density at radius 2 is 2.07 bits per heavy atom. The van der Waals surface area contributed by atoms with E-state index in [1.165, 1.54) is 0 Å². The molecule has 0 atom stereocenters. The number of halogens is 2. The van der Waals surface area contributed by atoms with Crippen molar-refractivity contribution >= 4 is 40.6 Å². The third-order valence-electron chi connectivity index (χ3n) is 4.91. The summed E-state index contributed by atoms with van der Waals surface area (Å²) in [6.07, 6.45) is 4.02. The zero-order valence-corrected chi connectivity index (χ0v) is 17.7. The van der Waals surface area contributed by atoms with Gasteiger partial charge < -0.3 is 15.5 Å². The standard InChI is InChI=1S/C22H21Cl2N5O/c23-17-4-5-19(24)16(11-17)14-29-10-9-26-21-20(29)12-15(13-28-21)22(30)27-8-6-18-3-1-2-7-25-18/h1-5,7,11-13H,6,8-10,14H2,(H,26,28)(H,27,30). The molecule has 1 aliphatic heterocycles.